The molecule has 136 valence electrons. The van der Waals surface area contributed by atoms with Crippen molar-refractivity contribution >= 4 is 29.5 Å². The van der Waals surface area contributed by atoms with Crippen LogP contribution >= 0.6 is 7.14 Å². The zero-order valence-corrected chi connectivity index (χ0v) is 15.5. The van der Waals surface area contributed by atoms with Crippen molar-refractivity contribution in [2.45, 2.75) is 12.1 Å². The Balaban J connectivity index is 2.09. The van der Waals surface area contributed by atoms with Gasteiger partial charge in [-0.1, -0.05) is 91.0 Å². The van der Waals surface area contributed by atoms with Crippen LogP contribution in [0.4, 0.5) is 0 Å². The van der Waals surface area contributed by atoms with E-state index in [0.717, 1.165) is 0 Å². The van der Waals surface area contributed by atoms with Gasteiger partial charge < -0.3 is 9.67 Å². The molecule has 0 aliphatic heterocycles. The Morgan fingerprint density at radius 2 is 1.15 bits per heavy atom. The Bertz CT molecular complexity index is 925. The molecule has 1 N–H and O–H groups in total. The molecule has 0 spiro atoms. The fraction of sp³-hybridized carbons (Fsp3) is 0.0909. The SMILES string of the molecule is O=C(C[C@@H](C(=O)O)P(=O)(c1ccccc1)c1ccccc1)c1ccccc1. The predicted molar refractivity (Wildman–Crippen MR) is 107 cm³/mol. The number of rotatable bonds is 7. The van der Waals surface area contributed by atoms with Gasteiger partial charge in [0, 0.05) is 22.6 Å². The summed E-state index contributed by atoms with van der Waals surface area (Å²) in [6.07, 6.45) is -0.333. The van der Waals surface area contributed by atoms with Crippen LogP contribution in [0.2, 0.25) is 0 Å². The Kier molecular flexibility index (Phi) is 5.68. The maximum Gasteiger partial charge on any atom is 0.315 e. The fourth-order valence-electron chi connectivity index (χ4n) is 3.10. The van der Waals surface area contributed by atoms with Gasteiger partial charge in [-0.2, -0.15) is 0 Å². The molecule has 0 amide bonds. The molecule has 27 heavy (non-hydrogen) atoms. The van der Waals surface area contributed by atoms with Gasteiger partial charge in [0.05, 0.1) is 0 Å². The van der Waals surface area contributed by atoms with E-state index in [1.807, 2.05) is 0 Å². The first kappa shape index (κ1) is 18.8. The van der Waals surface area contributed by atoms with Gasteiger partial charge in [0.2, 0.25) is 0 Å². The minimum atomic E-state index is -3.59. The third-order valence-corrected chi connectivity index (χ3v) is 7.89. The van der Waals surface area contributed by atoms with Crippen LogP contribution in [0.1, 0.15) is 16.8 Å². The van der Waals surface area contributed by atoms with Crippen LogP contribution < -0.4 is 10.6 Å². The van der Waals surface area contributed by atoms with E-state index < -0.39 is 18.8 Å². The summed E-state index contributed by atoms with van der Waals surface area (Å²) in [6, 6.07) is 25.6. The normalized spacial score (nSPS) is 12.3. The van der Waals surface area contributed by atoms with Crippen LogP contribution in [0, 0.1) is 0 Å². The van der Waals surface area contributed by atoms with Crippen molar-refractivity contribution in [1.82, 2.24) is 0 Å². The van der Waals surface area contributed by atoms with Gasteiger partial charge >= 0.3 is 5.97 Å². The molecular weight excluding hydrogens is 359 g/mol. The average Bonchev–Trinajstić information content (AvgIpc) is 2.73. The van der Waals surface area contributed by atoms with Crippen LogP contribution in [-0.4, -0.2) is 22.5 Å². The summed E-state index contributed by atoms with van der Waals surface area (Å²) in [7, 11) is -3.59. The number of hydrogen-bond acceptors (Lipinski definition) is 3. The highest BCUT2D eigenvalue weighted by Crippen LogP contribution is 2.50. The minimum Gasteiger partial charge on any atom is -0.481 e. The zero-order chi connectivity index (χ0) is 19.3. The lowest BCUT2D eigenvalue weighted by atomic mass is 10.1. The highest BCUT2D eigenvalue weighted by atomic mass is 31.2. The number of carboxylic acids is 1. The van der Waals surface area contributed by atoms with E-state index in [-0.39, 0.29) is 12.2 Å². The summed E-state index contributed by atoms with van der Waals surface area (Å²) in [5.74, 6) is -1.58. The van der Waals surface area contributed by atoms with E-state index in [1.54, 1.807) is 91.0 Å². The van der Waals surface area contributed by atoms with Crippen molar-refractivity contribution in [3.63, 3.8) is 0 Å². The second-order valence-electron chi connectivity index (χ2n) is 6.18. The molecule has 5 heteroatoms. The monoisotopic (exact) mass is 378 g/mol. The van der Waals surface area contributed by atoms with Crippen LogP contribution in [0.3, 0.4) is 0 Å². The first-order valence-electron chi connectivity index (χ1n) is 8.55. The van der Waals surface area contributed by atoms with E-state index in [0.29, 0.717) is 16.2 Å². The molecule has 0 aliphatic rings. The van der Waals surface area contributed by atoms with E-state index in [1.165, 1.54) is 0 Å². The van der Waals surface area contributed by atoms with Crippen molar-refractivity contribution in [3.8, 4) is 0 Å². The summed E-state index contributed by atoms with van der Waals surface area (Å²) < 4.78 is 14.2. The van der Waals surface area contributed by atoms with Crippen molar-refractivity contribution in [1.29, 1.82) is 0 Å². The van der Waals surface area contributed by atoms with Crippen LogP contribution in [-0.2, 0) is 9.36 Å². The van der Waals surface area contributed by atoms with E-state index in [2.05, 4.69) is 0 Å². The number of hydrogen-bond donors (Lipinski definition) is 1. The number of carboxylic acid groups (broad SMARTS) is 1. The summed E-state index contributed by atoms with van der Waals surface area (Å²) in [5.41, 5.74) is -0.925. The molecule has 3 aromatic rings. The predicted octanol–water partition coefficient (Wildman–Crippen LogP) is 3.73. The number of carbonyl (C=O) groups is 2. The molecule has 1 atom stereocenters. The number of Topliss-reactive ketones (excluding diaryl/α,β-unsaturated/α-hetero) is 1. The van der Waals surface area contributed by atoms with Crippen molar-refractivity contribution in [2.75, 3.05) is 0 Å². The topological polar surface area (TPSA) is 71.4 Å². The molecule has 0 aromatic heterocycles. The molecule has 0 aliphatic carbocycles. The minimum absolute atomic E-state index is 0.333. The van der Waals surface area contributed by atoms with Crippen molar-refractivity contribution < 1.29 is 19.3 Å². The highest BCUT2D eigenvalue weighted by Gasteiger charge is 2.42. The Morgan fingerprint density at radius 1 is 0.741 bits per heavy atom. The maximum atomic E-state index is 14.2. The third kappa shape index (κ3) is 3.91. The molecular formula is C22H19O4P. The molecule has 0 saturated carbocycles. The molecule has 4 nitrogen and oxygen atoms in total. The summed E-state index contributed by atoms with van der Waals surface area (Å²) >= 11 is 0. The smallest absolute Gasteiger partial charge is 0.315 e. The second kappa shape index (κ2) is 8.15. The zero-order valence-electron chi connectivity index (χ0n) is 14.6. The summed E-state index contributed by atoms with van der Waals surface area (Å²) in [4.78, 5) is 24.8. The van der Waals surface area contributed by atoms with Crippen LogP contribution in [0.25, 0.3) is 0 Å². The Labute approximate surface area is 157 Å². The first-order chi connectivity index (χ1) is 13.0. The van der Waals surface area contributed by atoms with Gasteiger partial charge in [-0.3, -0.25) is 9.59 Å². The number of ketones is 1. The second-order valence-corrected chi connectivity index (χ2v) is 9.15. The van der Waals surface area contributed by atoms with Crippen molar-refractivity contribution in [3.05, 3.63) is 96.6 Å². The molecule has 0 saturated heterocycles. The van der Waals surface area contributed by atoms with Crippen molar-refractivity contribution in [2.24, 2.45) is 0 Å². The van der Waals surface area contributed by atoms with E-state index >= 15 is 0 Å². The Hall–Kier alpha value is -2.97. The molecule has 0 radical (unpaired) electrons. The molecule has 3 aromatic carbocycles. The highest BCUT2D eigenvalue weighted by molar-refractivity contribution is 7.80. The van der Waals surface area contributed by atoms with Crippen LogP contribution in [0.15, 0.2) is 91.0 Å². The van der Waals surface area contributed by atoms with Gasteiger partial charge in [0.15, 0.2) is 12.9 Å². The standard InChI is InChI=1S/C22H19O4P/c23-20(17-10-4-1-5-11-17)16-21(22(24)25)27(26,18-12-6-2-7-13-18)19-14-8-3-9-15-19/h1-15,21H,16H2,(H,24,25)/t21-/m0/s1. The van der Waals surface area contributed by atoms with E-state index in [9.17, 15) is 19.3 Å². The molecule has 0 unspecified atom stereocenters. The average molecular weight is 378 g/mol. The van der Waals surface area contributed by atoms with Gasteiger partial charge in [0.1, 0.15) is 5.66 Å². The lowest BCUT2D eigenvalue weighted by Crippen LogP contribution is -2.33. The molecule has 3 rings (SSSR count). The maximum absolute atomic E-state index is 14.2. The van der Waals surface area contributed by atoms with Gasteiger partial charge in [0.25, 0.3) is 0 Å². The lowest BCUT2D eigenvalue weighted by molar-refractivity contribution is -0.136. The number of benzene rings is 3. The molecule has 0 heterocycles. The van der Waals surface area contributed by atoms with Crippen LogP contribution in [0.5, 0.6) is 0 Å². The van der Waals surface area contributed by atoms with Gasteiger partial charge in [-0.25, -0.2) is 0 Å². The summed E-state index contributed by atoms with van der Waals surface area (Å²) in [5, 5.41) is 10.8. The van der Waals surface area contributed by atoms with Gasteiger partial charge in [-0.05, 0) is 0 Å². The molecule has 0 fully saturated rings. The largest absolute Gasteiger partial charge is 0.481 e. The third-order valence-electron chi connectivity index (χ3n) is 4.48. The Morgan fingerprint density at radius 3 is 1.56 bits per heavy atom. The lowest BCUT2D eigenvalue weighted by Gasteiger charge is -2.25. The first-order valence-corrected chi connectivity index (χ1v) is 10.3. The number of carbonyl (C=O) groups excluding carboxylic acids is 1. The quantitative estimate of drug-likeness (QED) is 0.502. The molecule has 0 bridgehead atoms. The number of aliphatic carboxylic acids is 1. The van der Waals surface area contributed by atoms with Gasteiger partial charge in [-0.15, -0.1) is 0 Å². The fourth-order valence-corrected chi connectivity index (χ4v) is 6.08. The van der Waals surface area contributed by atoms with E-state index in [4.69, 9.17) is 0 Å². The summed E-state index contributed by atoms with van der Waals surface area (Å²) in [6.45, 7) is 0.